The van der Waals surface area contributed by atoms with Gasteiger partial charge in [0.1, 0.15) is 6.04 Å². The van der Waals surface area contributed by atoms with Crippen LogP contribution in [0.2, 0.25) is 0 Å². The molecular weight excluding hydrogens is 712 g/mol. The molecule has 0 aliphatic carbocycles. The highest BCUT2D eigenvalue weighted by Gasteiger charge is 2.37. The average Bonchev–Trinajstić information content (AvgIpc) is 3.65. The molecule has 4 amide bonds. The molecule has 0 saturated heterocycles. The minimum absolute atomic E-state index is 0.0489. The lowest BCUT2D eigenvalue weighted by Gasteiger charge is -2.25. The molecule has 0 bridgehead atoms. The molecule has 0 spiro atoms. The molecule has 14 nitrogen and oxygen atoms in total. The Morgan fingerprint density at radius 3 is 1.16 bits per heavy atom. The Labute approximate surface area is 327 Å². The number of carbonyl (C=O) groups is 6. The minimum atomic E-state index is -0.895. The molecule has 0 saturated carbocycles. The van der Waals surface area contributed by atoms with Crippen LogP contribution < -0.4 is 0 Å². The number of rotatable bonds is 34. The second-order valence-electron chi connectivity index (χ2n) is 14.8. The van der Waals surface area contributed by atoms with Gasteiger partial charge in [-0.05, 0) is 88.9 Å². The van der Waals surface area contributed by atoms with Gasteiger partial charge in [0.2, 0.25) is 0 Å². The van der Waals surface area contributed by atoms with Crippen LogP contribution in [0.3, 0.4) is 0 Å². The van der Waals surface area contributed by atoms with E-state index in [0.717, 1.165) is 61.2 Å². The molecule has 0 aromatic heterocycles. The van der Waals surface area contributed by atoms with Crippen LogP contribution in [0.15, 0.2) is 24.3 Å². The van der Waals surface area contributed by atoms with Crippen LogP contribution in [-0.2, 0) is 57.2 Å². The quantitative estimate of drug-likeness (QED) is 0.0491. The van der Waals surface area contributed by atoms with Gasteiger partial charge in [0, 0.05) is 83.7 Å². The summed E-state index contributed by atoms with van der Waals surface area (Å²) in [6.45, 7) is 13.7. The molecule has 2 aliphatic heterocycles. The summed E-state index contributed by atoms with van der Waals surface area (Å²) in [7, 11) is 0. The second-order valence-corrected chi connectivity index (χ2v) is 14.8. The van der Waals surface area contributed by atoms with Gasteiger partial charge in [-0.1, -0.05) is 27.7 Å². The third-order valence-corrected chi connectivity index (χ3v) is 8.85. The number of unbranched alkanes of at least 4 members (excludes halogenated alkanes) is 5. The zero-order valence-electron chi connectivity index (χ0n) is 33.7. The van der Waals surface area contributed by atoms with Crippen LogP contribution >= 0.6 is 0 Å². The summed E-state index contributed by atoms with van der Waals surface area (Å²) in [6, 6.07) is -0.895. The first-order valence-corrected chi connectivity index (χ1v) is 20.2. The van der Waals surface area contributed by atoms with Crippen LogP contribution in [0.4, 0.5) is 0 Å². The highest BCUT2D eigenvalue weighted by molar-refractivity contribution is 6.15. The number of esters is 2. The average molecular weight is 779 g/mol. The van der Waals surface area contributed by atoms with Gasteiger partial charge in [0.15, 0.2) is 0 Å². The maximum atomic E-state index is 12.6. The first kappa shape index (κ1) is 47.7. The molecule has 2 unspecified atom stereocenters. The molecule has 2 rings (SSSR count). The molecule has 0 aromatic carbocycles. The van der Waals surface area contributed by atoms with Gasteiger partial charge in [-0.3, -0.25) is 33.8 Å². The van der Waals surface area contributed by atoms with Gasteiger partial charge in [0.25, 0.3) is 23.6 Å². The second kappa shape index (κ2) is 28.9. The lowest BCUT2D eigenvalue weighted by atomic mass is 9.96. The topological polar surface area (TPSA) is 164 Å². The molecule has 2 heterocycles. The van der Waals surface area contributed by atoms with E-state index in [4.69, 9.17) is 28.4 Å². The van der Waals surface area contributed by atoms with Gasteiger partial charge in [0.05, 0.1) is 19.1 Å². The number of ether oxygens (including phenoxy) is 6. The molecule has 312 valence electrons. The van der Waals surface area contributed by atoms with Crippen molar-refractivity contribution in [2.24, 2.45) is 17.8 Å². The van der Waals surface area contributed by atoms with Crippen LogP contribution in [0.25, 0.3) is 0 Å². The maximum Gasteiger partial charge on any atom is 0.329 e. The molecule has 0 aromatic rings. The van der Waals surface area contributed by atoms with Crippen LogP contribution in [0.1, 0.15) is 105 Å². The van der Waals surface area contributed by atoms with Gasteiger partial charge in [-0.15, -0.1) is 0 Å². The number of hydrogen-bond acceptors (Lipinski definition) is 12. The molecule has 55 heavy (non-hydrogen) atoms. The third-order valence-electron chi connectivity index (χ3n) is 8.85. The van der Waals surface area contributed by atoms with E-state index in [0.29, 0.717) is 78.5 Å². The summed E-state index contributed by atoms with van der Waals surface area (Å²) >= 11 is 0. The number of hydrogen-bond donors (Lipinski definition) is 0. The monoisotopic (exact) mass is 778 g/mol. The van der Waals surface area contributed by atoms with Crippen molar-refractivity contribution >= 4 is 35.6 Å². The van der Waals surface area contributed by atoms with E-state index in [2.05, 4.69) is 0 Å². The fourth-order valence-corrected chi connectivity index (χ4v) is 5.92. The zero-order valence-corrected chi connectivity index (χ0v) is 33.7. The predicted molar refractivity (Wildman–Crippen MR) is 204 cm³/mol. The Morgan fingerprint density at radius 2 is 0.800 bits per heavy atom. The van der Waals surface area contributed by atoms with E-state index in [1.54, 1.807) is 0 Å². The van der Waals surface area contributed by atoms with Crippen molar-refractivity contribution in [1.82, 2.24) is 9.80 Å². The predicted octanol–water partition coefficient (Wildman–Crippen LogP) is 4.97. The van der Waals surface area contributed by atoms with Crippen LogP contribution in [-0.4, -0.2) is 124 Å². The SMILES string of the molecule is CC(C)CC(CN1C(=O)C=CC1=O)C(=O)OCCCCOCCCCOCCCCOCCCCOCCCCOC(=O)C(CC(C)C)N1C(=O)C=CC1=O. The molecular formula is C41H66N2O12. The van der Waals surface area contributed by atoms with Crippen molar-refractivity contribution in [2.45, 2.75) is 111 Å². The maximum absolute atomic E-state index is 12.6. The minimum Gasteiger partial charge on any atom is -0.465 e. The van der Waals surface area contributed by atoms with E-state index >= 15 is 0 Å². The van der Waals surface area contributed by atoms with E-state index in [1.807, 2.05) is 27.7 Å². The number of carbonyl (C=O) groups excluding carboxylic acids is 6. The highest BCUT2D eigenvalue weighted by Crippen LogP contribution is 2.19. The van der Waals surface area contributed by atoms with E-state index in [1.165, 1.54) is 24.3 Å². The van der Waals surface area contributed by atoms with Gasteiger partial charge in [-0.25, -0.2) is 4.79 Å². The molecule has 0 N–H and O–H groups in total. The Kier molecular flexibility index (Phi) is 25.0. The standard InChI is InChI=1S/C41H66N2O12/c1-32(2)29-34(31-42-36(44)15-16-37(42)45)40(48)54-27-13-11-25-52-23-9-7-21-50-19-5-6-20-51-22-8-10-24-53-26-12-14-28-55-41(49)35(30-33(3)4)43-38(46)17-18-39(43)47/h15-18,32-35H,5-14,19-31H2,1-4H3. The summed E-state index contributed by atoms with van der Waals surface area (Å²) in [5, 5.41) is 0. The summed E-state index contributed by atoms with van der Waals surface area (Å²) in [5.74, 6) is -2.83. The number of imide groups is 2. The van der Waals surface area contributed by atoms with E-state index in [9.17, 15) is 28.8 Å². The molecule has 14 heteroatoms. The van der Waals surface area contributed by atoms with Gasteiger partial charge < -0.3 is 28.4 Å². The largest absolute Gasteiger partial charge is 0.465 e. The first-order chi connectivity index (χ1) is 26.5. The first-order valence-electron chi connectivity index (χ1n) is 20.2. The molecule has 2 aliphatic rings. The lowest BCUT2D eigenvalue weighted by Crippen LogP contribution is -2.46. The molecule has 0 fully saturated rings. The normalized spacial score (nSPS) is 15.3. The highest BCUT2D eigenvalue weighted by atomic mass is 16.5. The summed E-state index contributed by atoms with van der Waals surface area (Å²) in [5.41, 5.74) is 0. The molecule has 2 atom stereocenters. The summed E-state index contributed by atoms with van der Waals surface area (Å²) in [4.78, 5) is 75.1. The fraction of sp³-hybridized carbons (Fsp3) is 0.756. The fourth-order valence-electron chi connectivity index (χ4n) is 5.92. The van der Waals surface area contributed by atoms with Crippen LogP contribution in [0.5, 0.6) is 0 Å². The summed E-state index contributed by atoms with van der Waals surface area (Å²) in [6.07, 6.45) is 14.2. The van der Waals surface area contributed by atoms with Crippen molar-refractivity contribution < 1.29 is 57.2 Å². The smallest absolute Gasteiger partial charge is 0.329 e. The Morgan fingerprint density at radius 1 is 0.473 bits per heavy atom. The van der Waals surface area contributed by atoms with E-state index in [-0.39, 0.29) is 49.4 Å². The third kappa shape index (κ3) is 20.9. The van der Waals surface area contributed by atoms with Gasteiger partial charge in [-0.2, -0.15) is 0 Å². The zero-order chi connectivity index (χ0) is 40.3. The van der Waals surface area contributed by atoms with Crippen molar-refractivity contribution in [2.75, 3.05) is 72.6 Å². The Bertz CT molecular complexity index is 1200. The molecule has 0 radical (unpaired) electrons. The van der Waals surface area contributed by atoms with Crippen molar-refractivity contribution in [1.29, 1.82) is 0 Å². The summed E-state index contributed by atoms with van der Waals surface area (Å²) < 4.78 is 33.6. The lowest BCUT2D eigenvalue weighted by molar-refractivity contribution is -0.158. The Balaban J connectivity index is 1.30. The number of amides is 4. The Hall–Kier alpha value is -3.46. The number of nitrogens with zero attached hydrogens (tertiary/aromatic N) is 2. The van der Waals surface area contributed by atoms with Crippen molar-refractivity contribution in [3.05, 3.63) is 24.3 Å². The van der Waals surface area contributed by atoms with Crippen molar-refractivity contribution in [3.63, 3.8) is 0 Å². The van der Waals surface area contributed by atoms with Crippen molar-refractivity contribution in [3.8, 4) is 0 Å². The van der Waals surface area contributed by atoms with Gasteiger partial charge >= 0.3 is 11.9 Å². The van der Waals surface area contributed by atoms with E-state index < -0.39 is 29.7 Å². The van der Waals surface area contributed by atoms with Crippen LogP contribution in [0, 0.1) is 17.8 Å².